The smallest absolute Gasteiger partial charge is 0.313 e. The van der Waals surface area contributed by atoms with Gasteiger partial charge in [-0.1, -0.05) is 66.2 Å². The Morgan fingerprint density at radius 1 is 1.13 bits per heavy atom. The highest BCUT2D eigenvalue weighted by Crippen LogP contribution is 2.59. The molecule has 12 heteroatoms. The second-order valence-electron chi connectivity index (χ2n) is 13.7. The van der Waals surface area contributed by atoms with E-state index in [0.717, 1.165) is 5.56 Å². The maximum Gasteiger partial charge on any atom is 0.313 e. The number of methoxy groups -OCH3 is 1. The molecule has 2 aromatic carbocycles. The fourth-order valence-corrected chi connectivity index (χ4v) is 8.49. The van der Waals surface area contributed by atoms with Crippen LogP contribution in [0.4, 0.5) is 5.69 Å². The maximum absolute atomic E-state index is 14.9. The number of carbonyl (C=O) groups excluding carboxylic acids is 4. The predicted molar refractivity (Wildman–Crippen MR) is 198 cm³/mol. The molecule has 0 radical (unpaired) electrons. The van der Waals surface area contributed by atoms with Crippen molar-refractivity contribution in [2.24, 2.45) is 11.8 Å². The molecular formula is C40H50ClN3O8. The number of halogens is 1. The molecule has 0 aromatic heterocycles. The van der Waals surface area contributed by atoms with Crippen LogP contribution in [0, 0.1) is 18.8 Å². The molecule has 0 unspecified atom stereocenters. The van der Waals surface area contributed by atoms with Crippen molar-refractivity contribution in [3.05, 3.63) is 90.0 Å². The topological polar surface area (TPSA) is 135 Å². The van der Waals surface area contributed by atoms with Crippen LogP contribution in [0.2, 0.25) is 5.02 Å². The number of fused-ring (bicyclic) bond motifs is 1. The van der Waals surface area contributed by atoms with Gasteiger partial charge >= 0.3 is 5.97 Å². The predicted octanol–water partition coefficient (Wildman–Crippen LogP) is 5.09. The maximum atomic E-state index is 14.9. The lowest BCUT2D eigenvalue weighted by Gasteiger charge is -2.37. The lowest BCUT2D eigenvalue weighted by molar-refractivity contribution is -0.163. The third-order valence-corrected chi connectivity index (χ3v) is 10.7. The van der Waals surface area contributed by atoms with Crippen LogP contribution < -0.4 is 10.2 Å². The molecule has 0 aliphatic carbocycles. The SMILES string of the molecule is C=CCCC(=O)N[C@@H](COC)[C@@H](OC(=O)[C@@H]1[C@H]2C(=O)N(CCCCCO)[C@H](C(=O)N(CC=C)c3c(C)cccc3Cl)[C@]23CC[C@H]1O3)c1ccccc1. The molecule has 2 bridgehead atoms. The molecule has 7 atom stereocenters. The number of esters is 1. The summed E-state index contributed by atoms with van der Waals surface area (Å²) in [6, 6.07) is 12.7. The van der Waals surface area contributed by atoms with Gasteiger partial charge in [0.2, 0.25) is 11.8 Å². The van der Waals surface area contributed by atoms with E-state index in [1.165, 1.54) is 7.11 Å². The average Bonchev–Trinajstić information content (AvgIpc) is 3.78. The van der Waals surface area contributed by atoms with Gasteiger partial charge in [-0.15, -0.1) is 13.2 Å². The molecule has 3 fully saturated rings. The van der Waals surface area contributed by atoms with E-state index in [9.17, 15) is 24.3 Å². The number of anilines is 1. The number of nitrogens with zero attached hydrogens (tertiary/aromatic N) is 2. The van der Waals surface area contributed by atoms with Crippen LogP contribution in [-0.2, 0) is 33.4 Å². The lowest BCUT2D eigenvalue weighted by Crippen LogP contribution is -2.56. The number of amides is 3. The second-order valence-corrected chi connectivity index (χ2v) is 14.1. The van der Waals surface area contributed by atoms with Crippen molar-refractivity contribution in [2.75, 3.05) is 38.3 Å². The van der Waals surface area contributed by atoms with E-state index in [4.69, 9.17) is 25.8 Å². The first-order valence-electron chi connectivity index (χ1n) is 18.0. The Morgan fingerprint density at radius 3 is 2.58 bits per heavy atom. The minimum Gasteiger partial charge on any atom is -0.455 e. The summed E-state index contributed by atoms with van der Waals surface area (Å²) in [5.41, 5.74) is 0.673. The van der Waals surface area contributed by atoms with Crippen molar-refractivity contribution >= 4 is 41.0 Å². The van der Waals surface area contributed by atoms with E-state index in [2.05, 4.69) is 18.5 Å². The van der Waals surface area contributed by atoms with Crippen LogP contribution >= 0.6 is 11.6 Å². The molecule has 3 amide bonds. The standard InChI is InChI=1S/C40H50ClN3O8/c1-5-7-19-31(46)42-29(25-50-4)35(27-16-10-8-11-17-27)51-39(49)32-30-20-21-40(52-30)33(32)37(47)44(23-12-9-13-24-45)36(40)38(48)43(22-6-2)34-26(3)15-14-18-28(34)41/h5-6,8,10-11,14-18,29-30,32-33,35-36,45H,1-2,7,9,12-13,19-25H2,3-4H3,(H,42,46)/t29-,30+,32-,33-,35-,36+,40-/m0/s1. The van der Waals surface area contributed by atoms with Crippen LogP contribution in [0.25, 0.3) is 0 Å². The summed E-state index contributed by atoms with van der Waals surface area (Å²) in [6.07, 6.45) is 4.96. The highest BCUT2D eigenvalue weighted by atomic mass is 35.5. The molecule has 2 aromatic rings. The fraction of sp³-hybridized carbons (Fsp3) is 0.500. The largest absolute Gasteiger partial charge is 0.455 e. The van der Waals surface area contributed by atoms with Gasteiger partial charge in [0.15, 0.2) is 0 Å². The minimum atomic E-state index is -1.28. The number of aliphatic hydroxyl groups excluding tert-OH is 1. The fourth-order valence-electron chi connectivity index (χ4n) is 8.17. The van der Waals surface area contributed by atoms with Crippen molar-refractivity contribution in [1.29, 1.82) is 0 Å². The first kappa shape index (κ1) is 39.2. The number of likely N-dealkylation sites (tertiary alicyclic amines) is 1. The number of para-hydroxylation sites is 1. The Kier molecular flexibility index (Phi) is 13.3. The van der Waals surface area contributed by atoms with Gasteiger partial charge in [0.25, 0.3) is 5.91 Å². The Labute approximate surface area is 310 Å². The number of hydrogen-bond donors (Lipinski definition) is 2. The van der Waals surface area contributed by atoms with Gasteiger partial charge in [-0.25, -0.2) is 0 Å². The van der Waals surface area contributed by atoms with Gasteiger partial charge in [-0.3, -0.25) is 19.2 Å². The number of allylic oxidation sites excluding steroid dienone is 1. The molecule has 11 nitrogen and oxygen atoms in total. The Bertz CT molecular complexity index is 1600. The average molecular weight is 736 g/mol. The van der Waals surface area contributed by atoms with Crippen molar-refractivity contribution in [3.63, 3.8) is 0 Å². The molecular weight excluding hydrogens is 686 g/mol. The molecule has 0 saturated carbocycles. The van der Waals surface area contributed by atoms with E-state index in [-0.39, 0.29) is 50.4 Å². The monoisotopic (exact) mass is 735 g/mol. The lowest BCUT2D eigenvalue weighted by atomic mass is 9.70. The molecule has 5 rings (SSSR count). The second kappa shape index (κ2) is 17.7. The summed E-state index contributed by atoms with van der Waals surface area (Å²) in [4.78, 5) is 60.1. The van der Waals surface area contributed by atoms with E-state index in [0.29, 0.717) is 54.8 Å². The summed E-state index contributed by atoms with van der Waals surface area (Å²) in [6.45, 7) is 9.90. The number of ether oxygens (including phenoxy) is 3. The van der Waals surface area contributed by atoms with Gasteiger partial charge < -0.3 is 34.4 Å². The number of hydrogen-bond acceptors (Lipinski definition) is 8. The zero-order chi connectivity index (χ0) is 37.4. The minimum absolute atomic E-state index is 0.0157. The zero-order valence-corrected chi connectivity index (χ0v) is 30.8. The molecule has 280 valence electrons. The van der Waals surface area contributed by atoms with Gasteiger partial charge in [0, 0.05) is 33.2 Å². The third-order valence-electron chi connectivity index (χ3n) is 10.4. The number of aliphatic hydroxyl groups is 1. The van der Waals surface area contributed by atoms with Gasteiger partial charge in [-0.05, 0) is 62.6 Å². The quantitative estimate of drug-likeness (QED) is 0.116. The van der Waals surface area contributed by atoms with Gasteiger partial charge in [-0.2, -0.15) is 0 Å². The number of nitrogens with one attached hydrogen (secondary N) is 1. The van der Waals surface area contributed by atoms with E-state index < -0.39 is 47.7 Å². The summed E-state index contributed by atoms with van der Waals surface area (Å²) >= 11 is 6.69. The highest BCUT2D eigenvalue weighted by Gasteiger charge is 2.75. The molecule has 3 heterocycles. The normalized spacial score (nSPS) is 24.2. The number of unbranched alkanes of at least 4 members (excludes halogenated alkanes) is 2. The molecule has 3 aliphatic heterocycles. The third kappa shape index (κ3) is 7.83. The number of carbonyl (C=O) groups is 4. The molecule has 2 N–H and O–H groups in total. The van der Waals surface area contributed by atoms with Crippen molar-refractivity contribution in [3.8, 4) is 0 Å². The summed E-state index contributed by atoms with van der Waals surface area (Å²) in [5.74, 6) is -3.55. The molecule has 3 aliphatic rings. The zero-order valence-electron chi connectivity index (χ0n) is 30.0. The van der Waals surface area contributed by atoms with Crippen LogP contribution in [0.5, 0.6) is 0 Å². The number of rotatable bonds is 19. The molecule has 1 spiro atoms. The summed E-state index contributed by atoms with van der Waals surface area (Å²) in [7, 11) is 1.50. The van der Waals surface area contributed by atoms with E-state index in [1.54, 1.807) is 28.0 Å². The summed E-state index contributed by atoms with van der Waals surface area (Å²) < 4.78 is 18.5. The first-order chi connectivity index (χ1) is 25.1. The first-order valence-corrected chi connectivity index (χ1v) is 18.4. The Hall–Kier alpha value is -4.03. The van der Waals surface area contributed by atoms with E-state index >= 15 is 0 Å². The molecule has 52 heavy (non-hydrogen) atoms. The van der Waals surface area contributed by atoms with Crippen molar-refractivity contribution in [1.82, 2.24) is 10.2 Å². The summed E-state index contributed by atoms with van der Waals surface area (Å²) in [5, 5.41) is 12.8. The molecule has 3 saturated heterocycles. The number of aryl methyl sites for hydroxylation is 1. The van der Waals surface area contributed by atoms with Crippen LogP contribution in [0.3, 0.4) is 0 Å². The van der Waals surface area contributed by atoms with Crippen molar-refractivity contribution < 1.29 is 38.5 Å². The van der Waals surface area contributed by atoms with Crippen LogP contribution in [-0.4, -0.2) is 90.9 Å². The Morgan fingerprint density at radius 2 is 1.90 bits per heavy atom. The Balaban J connectivity index is 1.51. The highest BCUT2D eigenvalue weighted by molar-refractivity contribution is 6.34. The van der Waals surface area contributed by atoms with E-state index in [1.807, 2.05) is 49.4 Å². The van der Waals surface area contributed by atoms with Gasteiger partial charge in [0.1, 0.15) is 17.7 Å². The number of benzene rings is 2. The van der Waals surface area contributed by atoms with Gasteiger partial charge in [0.05, 0.1) is 41.3 Å². The van der Waals surface area contributed by atoms with Crippen LogP contribution in [0.1, 0.15) is 62.2 Å². The van der Waals surface area contributed by atoms with Crippen LogP contribution in [0.15, 0.2) is 73.8 Å². The van der Waals surface area contributed by atoms with Crippen molar-refractivity contribution in [2.45, 2.75) is 81.8 Å².